The van der Waals surface area contributed by atoms with Crippen molar-refractivity contribution >= 4 is 29.2 Å². The number of hydrogen-bond donors (Lipinski definition) is 1. The second kappa shape index (κ2) is 12.0. The van der Waals surface area contributed by atoms with Crippen molar-refractivity contribution in [2.75, 3.05) is 6.61 Å². The molecule has 5 rings (SSSR count). The van der Waals surface area contributed by atoms with Crippen molar-refractivity contribution in [3.05, 3.63) is 129 Å². The van der Waals surface area contributed by atoms with Gasteiger partial charge in [0.15, 0.2) is 6.61 Å². The van der Waals surface area contributed by atoms with Crippen molar-refractivity contribution in [2.24, 2.45) is 5.73 Å². The molecule has 0 saturated heterocycles. The zero-order valence-electron chi connectivity index (χ0n) is 21.0. The van der Waals surface area contributed by atoms with Gasteiger partial charge in [0.2, 0.25) is 5.88 Å². The largest absolute Gasteiger partial charge is 0.489 e. The first-order chi connectivity index (χ1) is 19.4. The highest BCUT2D eigenvalue weighted by Gasteiger charge is 2.31. The number of allylic oxidation sites excluding steroid dienone is 1. The summed E-state index contributed by atoms with van der Waals surface area (Å²) in [4.78, 5) is 12.4. The highest BCUT2D eigenvalue weighted by Crippen LogP contribution is 2.44. The van der Waals surface area contributed by atoms with E-state index in [-0.39, 0.29) is 30.4 Å². The van der Waals surface area contributed by atoms with E-state index in [1.54, 1.807) is 48.5 Å². The average Bonchev–Trinajstić information content (AvgIpc) is 2.96. The zero-order valence-corrected chi connectivity index (χ0v) is 22.5. The number of halogens is 2. The molecular formula is C31H22Cl2N2O5. The molecule has 9 heteroatoms. The molecule has 1 aliphatic rings. The lowest BCUT2D eigenvalue weighted by Crippen LogP contribution is -2.21. The normalized spacial score (nSPS) is 14.0. The molecule has 4 aromatic carbocycles. The van der Waals surface area contributed by atoms with Crippen molar-refractivity contribution in [2.45, 2.75) is 12.5 Å². The van der Waals surface area contributed by atoms with E-state index in [0.29, 0.717) is 32.9 Å². The van der Waals surface area contributed by atoms with E-state index in [4.69, 9.17) is 47.9 Å². The van der Waals surface area contributed by atoms with Gasteiger partial charge in [0.25, 0.3) is 0 Å². The third kappa shape index (κ3) is 6.15. The summed E-state index contributed by atoms with van der Waals surface area (Å²) in [6.07, 6.45) is 0. The number of carbonyl (C=O) groups is 1. The zero-order chi connectivity index (χ0) is 28.1. The summed E-state index contributed by atoms with van der Waals surface area (Å²) in [7, 11) is 0. The number of hydrogen-bond acceptors (Lipinski definition) is 7. The Morgan fingerprint density at radius 2 is 1.68 bits per heavy atom. The van der Waals surface area contributed by atoms with Crippen LogP contribution in [0, 0.1) is 11.3 Å². The molecule has 2 N–H and O–H groups in total. The lowest BCUT2D eigenvalue weighted by molar-refractivity contribution is -0.136. The first-order valence-electron chi connectivity index (χ1n) is 12.2. The Kier molecular flexibility index (Phi) is 8.11. The van der Waals surface area contributed by atoms with Gasteiger partial charge < -0.3 is 24.7 Å². The van der Waals surface area contributed by atoms with Gasteiger partial charge in [-0.25, -0.2) is 4.79 Å². The van der Waals surface area contributed by atoms with E-state index >= 15 is 0 Å². The van der Waals surface area contributed by atoms with Gasteiger partial charge in [0.1, 0.15) is 41.2 Å². The van der Waals surface area contributed by atoms with Gasteiger partial charge in [-0.15, -0.1) is 0 Å². The van der Waals surface area contributed by atoms with Gasteiger partial charge in [0.05, 0.1) is 5.92 Å². The highest BCUT2D eigenvalue weighted by molar-refractivity contribution is 6.31. The van der Waals surface area contributed by atoms with Crippen molar-refractivity contribution < 1.29 is 23.7 Å². The Morgan fingerprint density at radius 1 is 0.900 bits per heavy atom. The fourth-order valence-electron chi connectivity index (χ4n) is 4.24. The number of nitriles is 1. The third-order valence-corrected chi connectivity index (χ3v) is 6.76. The molecule has 0 aromatic heterocycles. The number of nitrogens with zero attached hydrogens (tertiary/aromatic N) is 1. The van der Waals surface area contributed by atoms with Crippen molar-refractivity contribution in [3.63, 3.8) is 0 Å². The lowest BCUT2D eigenvalue weighted by atomic mass is 9.83. The minimum atomic E-state index is -0.605. The molecule has 1 aliphatic heterocycles. The molecule has 40 heavy (non-hydrogen) atoms. The van der Waals surface area contributed by atoms with Gasteiger partial charge in [0, 0.05) is 27.2 Å². The van der Waals surface area contributed by atoms with Gasteiger partial charge in [-0.1, -0.05) is 59.6 Å². The Morgan fingerprint density at radius 3 is 2.45 bits per heavy atom. The molecule has 1 unspecified atom stereocenters. The van der Waals surface area contributed by atoms with Crippen LogP contribution >= 0.6 is 23.2 Å². The molecule has 0 radical (unpaired) electrons. The van der Waals surface area contributed by atoms with E-state index in [2.05, 4.69) is 6.07 Å². The van der Waals surface area contributed by atoms with Crippen LogP contribution in [0.4, 0.5) is 0 Å². The number of ether oxygens (including phenoxy) is 4. The van der Waals surface area contributed by atoms with Gasteiger partial charge in [-0.2, -0.15) is 5.26 Å². The number of esters is 1. The van der Waals surface area contributed by atoms with E-state index in [1.807, 2.05) is 42.5 Å². The second-order valence-corrected chi connectivity index (χ2v) is 9.64. The van der Waals surface area contributed by atoms with E-state index < -0.39 is 11.9 Å². The van der Waals surface area contributed by atoms with E-state index in [9.17, 15) is 10.1 Å². The fraction of sp³-hybridized carbons (Fsp3) is 0.0968. The summed E-state index contributed by atoms with van der Waals surface area (Å²) in [5.74, 6) is 0.546. The van der Waals surface area contributed by atoms with E-state index in [1.165, 1.54) is 0 Å². The first-order valence-corrected chi connectivity index (χ1v) is 12.9. The maximum absolute atomic E-state index is 12.4. The first kappa shape index (κ1) is 26.9. The van der Waals surface area contributed by atoms with Crippen LogP contribution in [0.3, 0.4) is 0 Å². The maximum Gasteiger partial charge on any atom is 0.349 e. The van der Waals surface area contributed by atoms with Gasteiger partial charge in [-0.05, 0) is 54.1 Å². The molecule has 0 bridgehead atoms. The minimum absolute atomic E-state index is 0.0306. The predicted octanol–water partition coefficient (Wildman–Crippen LogP) is 6.77. The maximum atomic E-state index is 12.4. The molecular weight excluding hydrogens is 551 g/mol. The second-order valence-electron chi connectivity index (χ2n) is 8.79. The van der Waals surface area contributed by atoms with Crippen LogP contribution in [-0.2, 0) is 11.4 Å². The number of nitrogens with two attached hydrogens (primary N) is 1. The summed E-state index contributed by atoms with van der Waals surface area (Å²) >= 11 is 12.1. The monoisotopic (exact) mass is 572 g/mol. The van der Waals surface area contributed by atoms with Crippen LogP contribution in [0.2, 0.25) is 10.0 Å². The molecule has 0 saturated carbocycles. The van der Waals surface area contributed by atoms with E-state index in [0.717, 1.165) is 11.1 Å². The number of carbonyl (C=O) groups excluding carboxylic acids is 1. The highest BCUT2D eigenvalue weighted by atomic mass is 35.5. The summed E-state index contributed by atoms with van der Waals surface area (Å²) in [5.41, 5.74) is 8.73. The molecule has 1 atom stereocenters. The predicted molar refractivity (Wildman–Crippen MR) is 151 cm³/mol. The average molecular weight is 573 g/mol. The standard InChI is InChI=1S/C31H22Cl2N2O5/c32-21-8-10-22(11-9-21)38-18-29(36)39-24-12-13-25-28(15-24)40-31(35)26(16-34)30(25)19-5-3-6-23(14-19)37-17-20-4-1-2-7-27(20)33/h1-15,30H,17-18,35H2. The summed E-state index contributed by atoms with van der Waals surface area (Å²) in [6.45, 7) is -0.0170. The molecule has 0 aliphatic carbocycles. The minimum Gasteiger partial charge on any atom is -0.489 e. The van der Waals surface area contributed by atoms with Crippen LogP contribution in [0.25, 0.3) is 0 Å². The van der Waals surface area contributed by atoms with Crippen molar-refractivity contribution in [1.82, 2.24) is 0 Å². The molecule has 0 fully saturated rings. The lowest BCUT2D eigenvalue weighted by Gasteiger charge is -2.27. The van der Waals surface area contributed by atoms with Crippen LogP contribution < -0.4 is 24.7 Å². The Hall–Kier alpha value is -4.64. The summed E-state index contributed by atoms with van der Waals surface area (Å²) in [6, 6.07) is 28.6. The molecule has 4 aromatic rings. The number of benzene rings is 4. The molecule has 0 amide bonds. The Balaban J connectivity index is 1.34. The van der Waals surface area contributed by atoms with Crippen LogP contribution in [-0.4, -0.2) is 12.6 Å². The molecule has 7 nitrogen and oxygen atoms in total. The van der Waals surface area contributed by atoms with Crippen LogP contribution in [0.15, 0.2) is 102 Å². The quantitative estimate of drug-likeness (QED) is 0.183. The van der Waals surface area contributed by atoms with Crippen molar-refractivity contribution in [1.29, 1.82) is 5.26 Å². The summed E-state index contributed by atoms with van der Waals surface area (Å²) in [5, 5.41) is 11.1. The van der Waals surface area contributed by atoms with Crippen LogP contribution in [0.1, 0.15) is 22.6 Å². The SMILES string of the molecule is N#CC1=C(N)Oc2cc(OC(=O)COc3ccc(Cl)cc3)ccc2C1c1cccc(OCc2ccccc2Cl)c1. The van der Waals surface area contributed by atoms with Crippen LogP contribution in [0.5, 0.6) is 23.0 Å². The number of fused-ring (bicyclic) bond motifs is 1. The summed E-state index contributed by atoms with van der Waals surface area (Å²) < 4.78 is 22.6. The smallest absolute Gasteiger partial charge is 0.349 e. The van der Waals surface area contributed by atoms with Gasteiger partial charge >= 0.3 is 5.97 Å². The number of rotatable bonds is 8. The Bertz CT molecular complexity index is 1630. The van der Waals surface area contributed by atoms with Crippen molar-refractivity contribution in [3.8, 4) is 29.1 Å². The van der Waals surface area contributed by atoms with Gasteiger partial charge in [-0.3, -0.25) is 0 Å². The molecule has 200 valence electrons. The third-order valence-electron chi connectivity index (χ3n) is 6.14. The molecule has 1 heterocycles. The molecule has 0 spiro atoms. The fourth-order valence-corrected chi connectivity index (χ4v) is 4.55. The topological polar surface area (TPSA) is 104 Å². The Labute approximate surface area is 240 Å².